The molecular weight excluding hydrogens is 497 g/mol. The molecule has 1 N–H and O–H groups in total. The molecule has 2 amide bonds. The van der Waals surface area contributed by atoms with E-state index in [9.17, 15) is 22.4 Å². The third-order valence-electron chi connectivity index (χ3n) is 5.88. The van der Waals surface area contributed by atoms with Gasteiger partial charge in [-0.25, -0.2) is 12.8 Å². The highest BCUT2D eigenvalue weighted by Gasteiger charge is 2.27. The van der Waals surface area contributed by atoms with E-state index in [0.717, 1.165) is 19.1 Å². The van der Waals surface area contributed by atoms with Crippen LogP contribution in [0, 0.1) is 5.82 Å². The van der Waals surface area contributed by atoms with Crippen molar-refractivity contribution in [3.63, 3.8) is 0 Å². The van der Waals surface area contributed by atoms with E-state index < -0.39 is 21.9 Å². The predicted molar refractivity (Wildman–Crippen MR) is 143 cm³/mol. The Morgan fingerprint density at radius 1 is 1.05 bits per heavy atom. The lowest BCUT2D eigenvalue weighted by Gasteiger charge is -2.29. The molecule has 0 radical (unpaired) electrons. The molecule has 0 heterocycles. The fourth-order valence-electron chi connectivity index (χ4n) is 3.85. The summed E-state index contributed by atoms with van der Waals surface area (Å²) < 4.78 is 46.3. The highest BCUT2D eigenvalue weighted by Crippen LogP contribution is 2.30. The minimum Gasteiger partial charge on any atom is -0.492 e. The molecule has 2 aromatic carbocycles. The van der Waals surface area contributed by atoms with Crippen LogP contribution in [0.15, 0.2) is 48.5 Å². The van der Waals surface area contributed by atoms with Gasteiger partial charge in [-0.05, 0) is 44.9 Å². The molecule has 0 aliphatic heterocycles. The predicted octanol–water partition coefficient (Wildman–Crippen LogP) is 4.10. The van der Waals surface area contributed by atoms with Crippen LogP contribution in [0.25, 0.3) is 0 Å². The summed E-state index contributed by atoms with van der Waals surface area (Å²) in [5, 5.41) is 2.82. The van der Waals surface area contributed by atoms with Crippen molar-refractivity contribution in [3.05, 3.63) is 59.9 Å². The third-order valence-corrected chi connectivity index (χ3v) is 7.06. The third kappa shape index (κ3) is 9.03. The van der Waals surface area contributed by atoms with Gasteiger partial charge in [0.25, 0.3) is 0 Å². The van der Waals surface area contributed by atoms with Crippen LogP contribution in [0.4, 0.5) is 10.1 Å². The molecule has 204 valence electrons. The quantitative estimate of drug-likeness (QED) is 0.347. The van der Waals surface area contributed by atoms with Crippen LogP contribution in [-0.4, -0.2) is 57.1 Å². The van der Waals surface area contributed by atoms with E-state index in [1.54, 1.807) is 49.4 Å². The normalized spacial score (nSPS) is 12.0. The molecule has 8 nitrogen and oxygen atoms in total. The summed E-state index contributed by atoms with van der Waals surface area (Å²) >= 11 is 0. The molecule has 0 saturated heterocycles. The Morgan fingerprint density at radius 3 is 2.38 bits per heavy atom. The largest absolute Gasteiger partial charge is 0.492 e. The molecule has 1 atom stereocenters. The van der Waals surface area contributed by atoms with Crippen LogP contribution < -0.4 is 14.4 Å². The topological polar surface area (TPSA) is 96.0 Å². The van der Waals surface area contributed by atoms with Crippen LogP contribution in [0.5, 0.6) is 5.75 Å². The number of ether oxygens (including phenoxy) is 1. The van der Waals surface area contributed by atoms with Gasteiger partial charge in [-0.2, -0.15) is 0 Å². The molecule has 0 unspecified atom stereocenters. The molecule has 2 aromatic rings. The number of amides is 2. The van der Waals surface area contributed by atoms with Gasteiger partial charge >= 0.3 is 0 Å². The molecule has 2 rings (SSSR count). The van der Waals surface area contributed by atoms with Crippen LogP contribution in [0.3, 0.4) is 0 Å². The van der Waals surface area contributed by atoms with Crippen molar-refractivity contribution in [1.29, 1.82) is 0 Å². The summed E-state index contributed by atoms with van der Waals surface area (Å²) in [5.41, 5.74) is 0.693. The number of nitrogens with one attached hydrogen (secondary N) is 1. The average Bonchev–Trinajstić information content (AvgIpc) is 2.85. The fourth-order valence-corrected chi connectivity index (χ4v) is 4.82. The Hall–Kier alpha value is -3.14. The summed E-state index contributed by atoms with van der Waals surface area (Å²) in [6.07, 6.45) is 3.00. The minimum atomic E-state index is -3.66. The lowest BCUT2D eigenvalue weighted by Crippen LogP contribution is -2.48. The van der Waals surface area contributed by atoms with E-state index in [-0.39, 0.29) is 37.7 Å². The number of benzene rings is 2. The average molecular weight is 536 g/mol. The van der Waals surface area contributed by atoms with E-state index in [4.69, 9.17) is 4.74 Å². The van der Waals surface area contributed by atoms with Crippen LogP contribution in [0.2, 0.25) is 0 Å². The number of anilines is 1. The van der Waals surface area contributed by atoms with Gasteiger partial charge in [0.2, 0.25) is 21.8 Å². The number of unbranched alkanes of at least 4 members (excludes halogenated alkanes) is 1. The zero-order valence-corrected chi connectivity index (χ0v) is 22.9. The number of para-hydroxylation sites is 2. The highest BCUT2D eigenvalue weighted by atomic mass is 32.2. The molecule has 0 aliphatic rings. The molecule has 0 fully saturated rings. The fraction of sp³-hybridized carbons (Fsp3) is 0.481. The highest BCUT2D eigenvalue weighted by molar-refractivity contribution is 7.92. The van der Waals surface area contributed by atoms with Gasteiger partial charge in [0.05, 0.1) is 18.6 Å². The Kier molecular flexibility index (Phi) is 11.8. The van der Waals surface area contributed by atoms with Crippen molar-refractivity contribution in [2.75, 3.05) is 30.3 Å². The summed E-state index contributed by atoms with van der Waals surface area (Å²) in [4.78, 5) is 27.4. The number of nitrogens with zero attached hydrogens (tertiary/aromatic N) is 2. The first-order valence-corrected chi connectivity index (χ1v) is 14.4. The first-order chi connectivity index (χ1) is 17.6. The number of hydrogen-bond acceptors (Lipinski definition) is 5. The van der Waals surface area contributed by atoms with Crippen LogP contribution >= 0.6 is 0 Å². The molecule has 0 aromatic heterocycles. The molecule has 10 heteroatoms. The number of rotatable bonds is 15. The molecule has 0 spiro atoms. The Labute approximate surface area is 219 Å². The van der Waals surface area contributed by atoms with Crippen molar-refractivity contribution in [2.24, 2.45) is 0 Å². The van der Waals surface area contributed by atoms with E-state index >= 15 is 0 Å². The molecule has 0 saturated carbocycles. The molecule has 0 aliphatic carbocycles. The van der Waals surface area contributed by atoms with Gasteiger partial charge in [0, 0.05) is 31.6 Å². The Morgan fingerprint density at radius 2 is 1.73 bits per heavy atom. The van der Waals surface area contributed by atoms with Crippen LogP contribution in [0.1, 0.15) is 52.0 Å². The maximum absolute atomic E-state index is 14.4. The number of hydrogen-bond donors (Lipinski definition) is 1. The molecular formula is C27H38FN3O5S. The number of carbonyl (C=O) groups is 2. The maximum atomic E-state index is 14.4. The summed E-state index contributed by atoms with van der Waals surface area (Å²) in [5.74, 6) is -0.718. The van der Waals surface area contributed by atoms with Gasteiger partial charge in [-0.15, -0.1) is 0 Å². The smallest absolute Gasteiger partial charge is 0.242 e. The number of halogens is 1. The van der Waals surface area contributed by atoms with Crippen molar-refractivity contribution in [2.45, 2.75) is 59.0 Å². The van der Waals surface area contributed by atoms with Gasteiger partial charge in [-0.1, -0.05) is 43.7 Å². The van der Waals surface area contributed by atoms with E-state index in [1.807, 2.05) is 13.8 Å². The van der Waals surface area contributed by atoms with E-state index in [0.29, 0.717) is 30.2 Å². The second-order valence-corrected chi connectivity index (χ2v) is 10.7. The van der Waals surface area contributed by atoms with Gasteiger partial charge in [0.1, 0.15) is 17.6 Å². The van der Waals surface area contributed by atoms with E-state index in [2.05, 4.69) is 5.32 Å². The zero-order valence-electron chi connectivity index (χ0n) is 22.1. The Balaban J connectivity index is 2.19. The second kappa shape index (κ2) is 14.6. The van der Waals surface area contributed by atoms with Crippen molar-refractivity contribution in [1.82, 2.24) is 10.2 Å². The zero-order chi connectivity index (χ0) is 27.4. The number of carbonyl (C=O) groups excluding carboxylic acids is 2. The first-order valence-electron chi connectivity index (χ1n) is 12.6. The second-order valence-electron chi connectivity index (χ2n) is 8.77. The van der Waals surface area contributed by atoms with Gasteiger partial charge < -0.3 is 15.0 Å². The Bertz CT molecular complexity index is 1140. The lowest BCUT2D eigenvalue weighted by atomic mass is 10.1. The van der Waals surface area contributed by atoms with Crippen molar-refractivity contribution >= 4 is 27.5 Å². The van der Waals surface area contributed by atoms with Crippen molar-refractivity contribution in [3.8, 4) is 5.75 Å². The minimum absolute atomic E-state index is 0.0240. The van der Waals surface area contributed by atoms with Crippen LogP contribution in [-0.2, 0) is 26.2 Å². The molecule has 37 heavy (non-hydrogen) atoms. The summed E-state index contributed by atoms with van der Waals surface area (Å²) in [7, 11) is -3.66. The standard InChI is InChI=1S/C27H38FN3O5S/c1-5-7-18-29-27(33)21(3)30(20-22-13-8-9-14-23(22)28)26(32)17-12-19-31(37(4,34)35)24-15-10-11-16-25(24)36-6-2/h8-11,13-16,21H,5-7,12,17-20H2,1-4H3,(H,29,33)/t21-/m1/s1. The summed E-state index contributed by atoms with van der Waals surface area (Å²) in [6.45, 7) is 6.26. The van der Waals surface area contributed by atoms with Gasteiger partial charge in [-0.3, -0.25) is 13.9 Å². The lowest BCUT2D eigenvalue weighted by molar-refractivity contribution is -0.140. The number of sulfonamides is 1. The van der Waals surface area contributed by atoms with Crippen molar-refractivity contribution < 1.29 is 27.1 Å². The monoisotopic (exact) mass is 535 g/mol. The first kappa shape index (κ1) is 30.1. The van der Waals surface area contributed by atoms with Gasteiger partial charge in [0.15, 0.2) is 0 Å². The maximum Gasteiger partial charge on any atom is 0.242 e. The SMILES string of the molecule is CCCCNC(=O)[C@@H](C)N(Cc1ccccc1F)C(=O)CCCN(c1ccccc1OCC)S(C)(=O)=O. The van der Waals surface area contributed by atoms with E-state index in [1.165, 1.54) is 15.3 Å². The summed E-state index contributed by atoms with van der Waals surface area (Å²) in [6, 6.07) is 12.1. The molecule has 0 bridgehead atoms.